The average molecular weight is 453 g/mol. The predicted molar refractivity (Wildman–Crippen MR) is 123 cm³/mol. The number of hydrogen-bond donors (Lipinski definition) is 1. The second-order valence-electron chi connectivity index (χ2n) is 7.60. The fraction of sp³-hybridized carbons (Fsp3) is 0.333. The molecule has 0 saturated carbocycles. The van der Waals surface area contributed by atoms with Gasteiger partial charge in [0.1, 0.15) is 11.5 Å². The van der Waals surface area contributed by atoms with Gasteiger partial charge in [-0.1, -0.05) is 13.8 Å². The summed E-state index contributed by atoms with van der Waals surface area (Å²) in [4.78, 5) is 40.1. The smallest absolute Gasteiger partial charge is 0.295 e. The van der Waals surface area contributed by atoms with E-state index in [4.69, 9.17) is 4.74 Å². The van der Waals surface area contributed by atoms with Crippen LogP contribution in [0.5, 0.6) is 5.75 Å². The van der Waals surface area contributed by atoms with Crippen LogP contribution in [0.25, 0.3) is 5.76 Å². The van der Waals surface area contributed by atoms with Gasteiger partial charge in [0.15, 0.2) is 0 Å². The minimum absolute atomic E-state index is 0.0430. The Bertz CT molecular complexity index is 1060. The Morgan fingerprint density at radius 3 is 2.21 bits per heavy atom. The lowest BCUT2D eigenvalue weighted by Crippen LogP contribution is -2.38. The van der Waals surface area contributed by atoms with Crippen molar-refractivity contribution in [2.45, 2.75) is 19.9 Å². The molecule has 0 aromatic heterocycles. The van der Waals surface area contributed by atoms with Crippen LogP contribution in [-0.2, 0) is 9.59 Å². The summed E-state index contributed by atoms with van der Waals surface area (Å²) in [5.74, 6) is -1.21. The van der Waals surface area contributed by atoms with Gasteiger partial charge < -0.3 is 19.6 Å². The molecule has 2 aromatic rings. The molecule has 0 radical (unpaired) electrons. The number of non-ortho nitro benzene ring substituents is 1. The molecule has 3 rings (SSSR count). The normalized spacial score (nSPS) is 17.6. The molecule has 1 heterocycles. The van der Waals surface area contributed by atoms with Crippen molar-refractivity contribution in [1.29, 1.82) is 0 Å². The molecular formula is C24H27N3O6. The van der Waals surface area contributed by atoms with E-state index in [1.54, 1.807) is 24.3 Å². The SMILES string of the molecule is CCN(CC)CCN1C(=O)C(=O)C(=C(O)c2ccc(OC)cc2)C1c1ccc([N+](=O)[O-])cc1. The van der Waals surface area contributed by atoms with Gasteiger partial charge in [0.05, 0.1) is 23.6 Å². The highest BCUT2D eigenvalue weighted by molar-refractivity contribution is 6.46. The van der Waals surface area contributed by atoms with Crippen LogP contribution >= 0.6 is 0 Å². The predicted octanol–water partition coefficient (Wildman–Crippen LogP) is 3.37. The number of rotatable bonds is 9. The van der Waals surface area contributed by atoms with Crippen LogP contribution in [-0.4, -0.2) is 64.8 Å². The molecule has 9 heteroatoms. The van der Waals surface area contributed by atoms with E-state index in [9.17, 15) is 24.8 Å². The number of nitro groups is 1. The summed E-state index contributed by atoms with van der Waals surface area (Å²) < 4.78 is 5.14. The number of ketones is 1. The maximum Gasteiger partial charge on any atom is 0.295 e. The lowest BCUT2D eigenvalue weighted by atomic mass is 9.95. The van der Waals surface area contributed by atoms with Crippen molar-refractivity contribution in [3.8, 4) is 5.75 Å². The minimum Gasteiger partial charge on any atom is -0.507 e. The third-order valence-corrected chi connectivity index (χ3v) is 5.87. The Labute approximate surface area is 192 Å². The van der Waals surface area contributed by atoms with Crippen LogP contribution in [0.2, 0.25) is 0 Å². The molecule has 1 aliphatic rings. The first-order valence-corrected chi connectivity index (χ1v) is 10.7. The second kappa shape index (κ2) is 10.3. The van der Waals surface area contributed by atoms with E-state index in [2.05, 4.69) is 4.90 Å². The Morgan fingerprint density at radius 1 is 1.09 bits per heavy atom. The van der Waals surface area contributed by atoms with Crippen molar-refractivity contribution in [2.75, 3.05) is 33.3 Å². The van der Waals surface area contributed by atoms with Crippen LogP contribution in [0, 0.1) is 10.1 Å². The maximum absolute atomic E-state index is 13.0. The molecular weight excluding hydrogens is 426 g/mol. The highest BCUT2D eigenvalue weighted by Crippen LogP contribution is 2.39. The van der Waals surface area contributed by atoms with Gasteiger partial charge in [0, 0.05) is 30.8 Å². The molecule has 1 unspecified atom stereocenters. The molecule has 33 heavy (non-hydrogen) atoms. The number of hydrogen-bond acceptors (Lipinski definition) is 7. The number of likely N-dealkylation sites (N-methyl/N-ethyl adjacent to an activating group) is 1. The summed E-state index contributed by atoms with van der Waals surface area (Å²) in [5.41, 5.74) is 0.728. The second-order valence-corrected chi connectivity index (χ2v) is 7.60. The first kappa shape index (κ1) is 23.9. The number of carbonyl (C=O) groups excluding carboxylic acids is 2. The van der Waals surface area contributed by atoms with E-state index < -0.39 is 22.7 Å². The van der Waals surface area contributed by atoms with E-state index in [1.165, 1.54) is 36.3 Å². The summed E-state index contributed by atoms with van der Waals surface area (Å²) in [6.45, 7) is 6.41. The zero-order chi connectivity index (χ0) is 24.1. The van der Waals surface area contributed by atoms with Gasteiger partial charge in [-0.2, -0.15) is 0 Å². The van der Waals surface area contributed by atoms with Crippen LogP contribution < -0.4 is 4.74 Å². The molecule has 2 aromatic carbocycles. The number of methoxy groups -OCH3 is 1. The van der Waals surface area contributed by atoms with E-state index in [1.807, 2.05) is 13.8 Å². The van der Waals surface area contributed by atoms with Crippen molar-refractivity contribution in [3.05, 3.63) is 75.3 Å². The van der Waals surface area contributed by atoms with Crippen LogP contribution in [0.1, 0.15) is 31.0 Å². The number of carbonyl (C=O) groups is 2. The standard InChI is InChI=1S/C24H27N3O6/c1-4-25(5-2)14-15-26-21(16-6-10-18(11-7-16)27(31)32)20(23(29)24(26)30)22(28)17-8-12-19(33-3)13-9-17/h6-13,21,28H,4-5,14-15H2,1-3H3. The molecule has 1 N–H and O–H groups in total. The number of amides is 1. The van der Waals surface area contributed by atoms with Crippen molar-refractivity contribution in [1.82, 2.24) is 9.80 Å². The number of nitrogens with zero attached hydrogens (tertiary/aromatic N) is 3. The largest absolute Gasteiger partial charge is 0.507 e. The van der Waals surface area contributed by atoms with Crippen molar-refractivity contribution >= 4 is 23.1 Å². The Kier molecular flexibility index (Phi) is 7.44. The molecule has 1 saturated heterocycles. The topological polar surface area (TPSA) is 113 Å². The number of Topliss-reactive ketones (excluding diaryl/α,β-unsaturated/α-hetero) is 1. The number of benzene rings is 2. The van der Waals surface area contributed by atoms with Gasteiger partial charge in [-0.05, 0) is 55.1 Å². The third kappa shape index (κ3) is 4.88. The van der Waals surface area contributed by atoms with Crippen molar-refractivity contribution in [2.24, 2.45) is 0 Å². The van der Waals surface area contributed by atoms with Crippen LogP contribution in [0.3, 0.4) is 0 Å². The molecule has 1 amide bonds. The quantitative estimate of drug-likeness (QED) is 0.204. The summed E-state index contributed by atoms with van der Waals surface area (Å²) in [7, 11) is 1.52. The summed E-state index contributed by atoms with van der Waals surface area (Å²) in [6.07, 6.45) is 0. The molecule has 0 bridgehead atoms. The lowest BCUT2D eigenvalue weighted by molar-refractivity contribution is -0.384. The van der Waals surface area contributed by atoms with Gasteiger partial charge in [-0.3, -0.25) is 19.7 Å². The number of nitro benzene ring substituents is 1. The highest BCUT2D eigenvalue weighted by Gasteiger charge is 2.46. The van der Waals surface area contributed by atoms with Gasteiger partial charge in [0.25, 0.3) is 17.4 Å². The van der Waals surface area contributed by atoms with Gasteiger partial charge in [-0.15, -0.1) is 0 Å². The third-order valence-electron chi connectivity index (χ3n) is 5.87. The van der Waals surface area contributed by atoms with E-state index in [0.29, 0.717) is 23.4 Å². The van der Waals surface area contributed by atoms with Gasteiger partial charge in [0.2, 0.25) is 0 Å². The lowest BCUT2D eigenvalue weighted by Gasteiger charge is -2.28. The fourth-order valence-electron chi connectivity index (χ4n) is 3.93. The van der Waals surface area contributed by atoms with E-state index >= 15 is 0 Å². The Morgan fingerprint density at radius 2 is 1.70 bits per heavy atom. The first-order chi connectivity index (χ1) is 15.8. The molecule has 1 atom stereocenters. The molecule has 9 nitrogen and oxygen atoms in total. The van der Waals surface area contributed by atoms with Crippen molar-refractivity contribution in [3.63, 3.8) is 0 Å². The van der Waals surface area contributed by atoms with Gasteiger partial charge >= 0.3 is 0 Å². The number of aliphatic hydroxyl groups is 1. The first-order valence-electron chi connectivity index (χ1n) is 10.7. The molecule has 1 fully saturated rings. The molecule has 0 spiro atoms. The molecule has 1 aliphatic heterocycles. The zero-order valence-electron chi connectivity index (χ0n) is 18.9. The van der Waals surface area contributed by atoms with Crippen LogP contribution in [0.15, 0.2) is 54.1 Å². The van der Waals surface area contributed by atoms with Crippen LogP contribution in [0.4, 0.5) is 5.69 Å². The zero-order valence-corrected chi connectivity index (χ0v) is 18.9. The Hall–Kier alpha value is -3.72. The highest BCUT2D eigenvalue weighted by atomic mass is 16.6. The minimum atomic E-state index is -0.858. The van der Waals surface area contributed by atoms with Gasteiger partial charge in [-0.25, -0.2) is 0 Å². The monoisotopic (exact) mass is 453 g/mol. The summed E-state index contributed by atoms with van der Waals surface area (Å²) in [6, 6.07) is 11.3. The number of aliphatic hydroxyl groups excluding tert-OH is 1. The summed E-state index contributed by atoms with van der Waals surface area (Å²) >= 11 is 0. The van der Waals surface area contributed by atoms with Crippen molar-refractivity contribution < 1.29 is 24.4 Å². The van der Waals surface area contributed by atoms with E-state index in [-0.39, 0.29) is 23.6 Å². The van der Waals surface area contributed by atoms with E-state index in [0.717, 1.165) is 13.1 Å². The molecule has 0 aliphatic carbocycles. The average Bonchev–Trinajstić information content (AvgIpc) is 3.09. The Balaban J connectivity index is 2.09. The number of ether oxygens (including phenoxy) is 1. The maximum atomic E-state index is 13.0. The fourth-order valence-corrected chi connectivity index (χ4v) is 3.93. The molecule has 174 valence electrons. The number of likely N-dealkylation sites (tertiary alicyclic amines) is 1. The summed E-state index contributed by atoms with van der Waals surface area (Å²) in [5, 5.41) is 22.1.